The molecule has 0 N–H and O–H groups in total. The van der Waals surface area contributed by atoms with Gasteiger partial charge >= 0.3 is 0 Å². The predicted octanol–water partition coefficient (Wildman–Crippen LogP) is 10.5. The van der Waals surface area contributed by atoms with Crippen molar-refractivity contribution in [1.29, 1.82) is 5.26 Å². The van der Waals surface area contributed by atoms with E-state index in [1.165, 1.54) is 0 Å². The van der Waals surface area contributed by atoms with Crippen molar-refractivity contribution < 1.29 is 0 Å². The Bertz CT molecular complexity index is 2640. The summed E-state index contributed by atoms with van der Waals surface area (Å²) >= 11 is 0. The zero-order valence-electron chi connectivity index (χ0n) is 27.0. The SMILES string of the molecule is [C-]#[N+]c1ccc2c(c1)c1ccccc1n2Cc1nc(-c2ccccc2)c(-c2ccccc2)nc1Cn1c2ccccc2c2cc(C#N)ccc21. The molecule has 6 aromatic carbocycles. The van der Waals surface area contributed by atoms with Gasteiger partial charge in [-0.2, -0.15) is 5.26 Å². The summed E-state index contributed by atoms with van der Waals surface area (Å²) in [6.07, 6.45) is 0. The molecule has 0 bridgehead atoms. The summed E-state index contributed by atoms with van der Waals surface area (Å²) in [6, 6.07) is 51.4. The maximum Gasteiger partial charge on any atom is 0.188 e. The summed E-state index contributed by atoms with van der Waals surface area (Å²) in [4.78, 5) is 14.8. The molecule has 0 aliphatic heterocycles. The van der Waals surface area contributed by atoms with E-state index in [-0.39, 0.29) is 0 Å². The molecular formula is C44H28N6. The van der Waals surface area contributed by atoms with E-state index in [1.807, 2.05) is 84.9 Å². The third-order valence-electron chi connectivity index (χ3n) is 9.55. The number of rotatable bonds is 6. The van der Waals surface area contributed by atoms with E-state index in [2.05, 4.69) is 80.7 Å². The summed E-state index contributed by atoms with van der Waals surface area (Å²) in [6.45, 7) is 8.61. The zero-order chi connectivity index (χ0) is 33.6. The number of fused-ring (bicyclic) bond motifs is 6. The van der Waals surface area contributed by atoms with Crippen molar-refractivity contribution >= 4 is 49.3 Å². The molecule has 9 aromatic rings. The van der Waals surface area contributed by atoms with E-state index >= 15 is 0 Å². The Balaban J connectivity index is 1.32. The maximum absolute atomic E-state index is 9.72. The Labute approximate surface area is 288 Å². The van der Waals surface area contributed by atoms with Crippen LogP contribution in [-0.2, 0) is 13.1 Å². The number of hydrogen-bond acceptors (Lipinski definition) is 3. The molecule has 9 rings (SSSR count). The van der Waals surface area contributed by atoms with Crippen LogP contribution in [0.4, 0.5) is 5.69 Å². The first kappa shape index (κ1) is 29.1. The number of benzene rings is 6. The van der Waals surface area contributed by atoms with E-state index in [9.17, 15) is 5.26 Å². The minimum Gasteiger partial charge on any atom is -0.334 e. The summed E-state index contributed by atoms with van der Waals surface area (Å²) in [5.74, 6) is 0. The molecule has 0 spiro atoms. The molecule has 0 saturated heterocycles. The number of aromatic nitrogens is 4. The van der Waals surface area contributed by atoms with Gasteiger partial charge in [0.2, 0.25) is 0 Å². The molecule has 0 aliphatic carbocycles. The molecule has 0 unspecified atom stereocenters. The lowest BCUT2D eigenvalue weighted by Gasteiger charge is -2.18. The second kappa shape index (κ2) is 11.9. The average Bonchev–Trinajstić information content (AvgIpc) is 3.67. The first-order valence-corrected chi connectivity index (χ1v) is 16.5. The van der Waals surface area contributed by atoms with Crippen molar-refractivity contribution in [3.8, 4) is 28.6 Å². The van der Waals surface area contributed by atoms with Crippen LogP contribution < -0.4 is 0 Å². The summed E-state index contributed by atoms with van der Waals surface area (Å²) in [5.41, 5.74) is 10.8. The van der Waals surface area contributed by atoms with Crippen LogP contribution in [0.25, 0.3) is 71.0 Å². The Kier molecular flexibility index (Phi) is 6.93. The van der Waals surface area contributed by atoms with E-state index in [0.717, 1.165) is 77.5 Å². The van der Waals surface area contributed by atoms with Crippen molar-refractivity contribution in [2.75, 3.05) is 0 Å². The first-order chi connectivity index (χ1) is 24.7. The monoisotopic (exact) mass is 640 g/mol. The van der Waals surface area contributed by atoms with Crippen LogP contribution in [-0.4, -0.2) is 19.1 Å². The fourth-order valence-corrected chi connectivity index (χ4v) is 7.23. The van der Waals surface area contributed by atoms with Crippen molar-refractivity contribution in [3.05, 3.63) is 174 Å². The molecular weight excluding hydrogens is 613 g/mol. The molecule has 0 atom stereocenters. The Morgan fingerprint density at radius 3 is 1.50 bits per heavy atom. The minimum absolute atomic E-state index is 0.478. The quantitative estimate of drug-likeness (QED) is 0.170. The van der Waals surface area contributed by atoms with Crippen LogP contribution in [0.2, 0.25) is 0 Å². The van der Waals surface area contributed by atoms with E-state index < -0.39 is 0 Å². The zero-order valence-corrected chi connectivity index (χ0v) is 27.0. The fourth-order valence-electron chi connectivity index (χ4n) is 7.23. The molecule has 3 heterocycles. The molecule has 0 radical (unpaired) electrons. The van der Waals surface area contributed by atoms with Crippen LogP contribution in [0.3, 0.4) is 0 Å². The van der Waals surface area contributed by atoms with Crippen LogP contribution >= 0.6 is 0 Å². The first-order valence-electron chi connectivity index (χ1n) is 16.5. The van der Waals surface area contributed by atoms with Gasteiger partial charge in [-0.1, -0.05) is 103 Å². The lowest BCUT2D eigenvalue weighted by atomic mass is 10.0. The molecule has 0 amide bonds. The molecule has 6 heteroatoms. The lowest BCUT2D eigenvalue weighted by molar-refractivity contribution is 0.758. The van der Waals surface area contributed by atoms with Crippen LogP contribution in [0.5, 0.6) is 0 Å². The summed E-state index contributed by atoms with van der Waals surface area (Å²) in [7, 11) is 0. The maximum atomic E-state index is 9.72. The third kappa shape index (κ3) is 4.79. The van der Waals surface area contributed by atoms with Gasteiger partial charge in [0.25, 0.3) is 0 Å². The molecule has 0 aliphatic rings. The van der Waals surface area contributed by atoms with Crippen molar-refractivity contribution in [2.45, 2.75) is 13.1 Å². The van der Waals surface area contributed by atoms with Crippen LogP contribution in [0, 0.1) is 17.9 Å². The fraction of sp³-hybridized carbons (Fsp3) is 0.0455. The molecule has 0 saturated carbocycles. The van der Waals surface area contributed by atoms with Gasteiger partial charge in [-0.05, 0) is 47.9 Å². The van der Waals surface area contributed by atoms with Crippen molar-refractivity contribution in [3.63, 3.8) is 0 Å². The van der Waals surface area contributed by atoms with E-state index in [1.54, 1.807) is 0 Å². The van der Waals surface area contributed by atoms with Gasteiger partial charge in [-0.3, -0.25) is 0 Å². The van der Waals surface area contributed by atoms with Gasteiger partial charge in [0, 0.05) is 49.4 Å². The average molecular weight is 641 g/mol. The topological polar surface area (TPSA) is 63.8 Å². The highest BCUT2D eigenvalue weighted by Crippen LogP contribution is 2.36. The Morgan fingerprint density at radius 2 is 0.980 bits per heavy atom. The van der Waals surface area contributed by atoms with Crippen molar-refractivity contribution in [1.82, 2.24) is 19.1 Å². The highest BCUT2D eigenvalue weighted by Gasteiger charge is 2.21. The number of para-hydroxylation sites is 2. The largest absolute Gasteiger partial charge is 0.334 e. The number of hydrogen-bond donors (Lipinski definition) is 0. The van der Waals surface area contributed by atoms with Gasteiger partial charge < -0.3 is 9.13 Å². The molecule has 6 nitrogen and oxygen atoms in total. The van der Waals surface area contributed by atoms with Gasteiger partial charge in [0.05, 0.1) is 54.1 Å². The third-order valence-corrected chi connectivity index (χ3v) is 9.55. The smallest absolute Gasteiger partial charge is 0.188 e. The highest BCUT2D eigenvalue weighted by atomic mass is 15.0. The molecule has 50 heavy (non-hydrogen) atoms. The normalized spacial score (nSPS) is 11.3. The van der Waals surface area contributed by atoms with Gasteiger partial charge in [0.15, 0.2) is 5.69 Å². The summed E-state index contributed by atoms with van der Waals surface area (Å²) in [5, 5.41) is 14.0. The van der Waals surface area contributed by atoms with Crippen molar-refractivity contribution in [2.24, 2.45) is 0 Å². The lowest BCUT2D eigenvalue weighted by Crippen LogP contribution is -2.13. The molecule has 3 aromatic heterocycles. The van der Waals surface area contributed by atoms with Gasteiger partial charge in [-0.15, -0.1) is 0 Å². The minimum atomic E-state index is 0.478. The van der Waals surface area contributed by atoms with Gasteiger partial charge in [-0.25, -0.2) is 14.8 Å². The summed E-state index contributed by atoms with van der Waals surface area (Å²) < 4.78 is 4.60. The molecule has 0 fully saturated rings. The Hall–Kier alpha value is -7.02. The van der Waals surface area contributed by atoms with Gasteiger partial charge in [0.1, 0.15) is 0 Å². The second-order valence-electron chi connectivity index (χ2n) is 12.4. The Morgan fingerprint density at radius 1 is 0.520 bits per heavy atom. The van der Waals surface area contributed by atoms with E-state index in [4.69, 9.17) is 16.5 Å². The molecule has 234 valence electrons. The van der Waals surface area contributed by atoms with Crippen LogP contribution in [0.15, 0.2) is 146 Å². The standard InChI is InChI=1S/C44H28N6/c1-46-32-21-23-42-36(25-32)34-17-9-11-19-40(34)50(42)28-38-37(27-49-39-18-10-8-16-33(39)35-24-29(26-45)20-22-41(35)49)47-43(30-12-4-2-5-13-30)44(48-38)31-14-6-3-7-15-31/h2-25H,27-28H2. The second-order valence-corrected chi connectivity index (χ2v) is 12.4. The predicted molar refractivity (Wildman–Crippen MR) is 201 cm³/mol. The van der Waals surface area contributed by atoms with Crippen LogP contribution in [0.1, 0.15) is 17.0 Å². The van der Waals surface area contributed by atoms with E-state index in [0.29, 0.717) is 24.3 Å². The highest BCUT2D eigenvalue weighted by molar-refractivity contribution is 6.10. The number of nitrogens with zero attached hydrogens (tertiary/aromatic N) is 6. The number of nitriles is 1.